The molecule has 0 aromatic heterocycles. The Morgan fingerprint density at radius 1 is 0.827 bits per heavy atom. The molecular formula is C38H45ClN6O5S2. The number of carbonyl (C=O) groups is 2. The summed E-state index contributed by atoms with van der Waals surface area (Å²) in [6, 6.07) is 30.4. The second-order valence-corrected chi connectivity index (χ2v) is 17.3. The molecule has 1 aliphatic rings. The van der Waals surface area contributed by atoms with Gasteiger partial charge in [-0.05, 0) is 106 Å². The Hall–Kier alpha value is -4.27. The lowest BCUT2D eigenvalue weighted by Gasteiger charge is -2.46. The Labute approximate surface area is 315 Å². The van der Waals surface area contributed by atoms with Gasteiger partial charge in [-0.1, -0.05) is 60.1 Å². The Morgan fingerprint density at radius 2 is 1.46 bits per heavy atom. The van der Waals surface area contributed by atoms with Crippen molar-refractivity contribution in [3.05, 3.63) is 119 Å². The SMILES string of the molecule is CC1(C)CC(NC(=O)C(=O)NNc2ccc(NS(=O)(=O)c3cccc(NOCCSC(c4ccccc4)c4ccc(Cl)cc4)c3)cc2)CC(C)(C)N1. The van der Waals surface area contributed by atoms with Gasteiger partial charge in [-0.25, -0.2) is 8.42 Å². The molecule has 11 nitrogen and oxygen atoms in total. The number of piperidine rings is 1. The average molecular weight is 765 g/mol. The van der Waals surface area contributed by atoms with Crippen LogP contribution < -0.4 is 31.7 Å². The third-order valence-corrected chi connectivity index (χ3v) is 11.2. The number of rotatable bonds is 14. The molecule has 14 heteroatoms. The molecule has 1 heterocycles. The number of hydrazine groups is 1. The van der Waals surface area contributed by atoms with E-state index in [0.29, 0.717) is 47.3 Å². The number of halogens is 1. The molecule has 2 amide bonds. The molecule has 6 N–H and O–H groups in total. The fraction of sp³-hybridized carbons (Fsp3) is 0.316. The monoisotopic (exact) mass is 764 g/mol. The number of benzene rings is 4. The fourth-order valence-electron chi connectivity index (χ4n) is 6.42. The normalized spacial score (nSPS) is 15.9. The van der Waals surface area contributed by atoms with Gasteiger partial charge in [0.15, 0.2) is 0 Å². The zero-order valence-corrected chi connectivity index (χ0v) is 31.9. The van der Waals surface area contributed by atoms with Crippen LogP contribution in [0.1, 0.15) is 56.9 Å². The molecule has 1 unspecified atom stereocenters. The van der Waals surface area contributed by atoms with Crippen LogP contribution in [0.25, 0.3) is 0 Å². The van der Waals surface area contributed by atoms with Gasteiger partial charge in [0.05, 0.1) is 28.1 Å². The average Bonchev–Trinajstić information content (AvgIpc) is 3.09. The molecule has 5 rings (SSSR count). The third-order valence-electron chi connectivity index (χ3n) is 8.27. The number of thioether (sulfide) groups is 1. The number of carbonyl (C=O) groups excluding carboxylic acids is 2. The standard InChI is InChI=1S/C38H45ClN6O5S2/c1-37(2)24-32(25-38(3,4)45-37)40-35(46)36(47)42-41-29-17-19-30(20-18-29)44-52(48,49)33-12-8-11-31(23-33)43-50-21-22-51-34(26-9-6-5-7-10-26)27-13-15-28(39)16-14-27/h5-20,23,32,34,41,43-45H,21-22,24-25H2,1-4H3,(H,40,46)(H,42,47). The summed E-state index contributed by atoms with van der Waals surface area (Å²) in [6.45, 7) is 8.64. The summed E-state index contributed by atoms with van der Waals surface area (Å²) in [4.78, 5) is 30.8. The minimum Gasteiger partial charge on any atom is -0.345 e. The van der Waals surface area contributed by atoms with Crippen molar-refractivity contribution in [2.24, 2.45) is 0 Å². The van der Waals surface area contributed by atoms with E-state index in [9.17, 15) is 18.0 Å². The molecule has 1 atom stereocenters. The summed E-state index contributed by atoms with van der Waals surface area (Å²) in [5.74, 6) is -0.891. The number of amides is 2. The highest BCUT2D eigenvalue weighted by Crippen LogP contribution is 2.36. The molecule has 0 spiro atoms. The number of anilines is 3. The van der Waals surface area contributed by atoms with Gasteiger partial charge in [0.25, 0.3) is 10.0 Å². The van der Waals surface area contributed by atoms with E-state index < -0.39 is 21.8 Å². The van der Waals surface area contributed by atoms with Crippen LogP contribution in [0.4, 0.5) is 17.1 Å². The molecular weight excluding hydrogens is 720 g/mol. The summed E-state index contributed by atoms with van der Waals surface area (Å²) < 4.78 is 29.0. The van der Waals surface area contributed by atoms with Gasteiger partial charge in [-0.3, -0.25) is 35.5 Å². The Morgan fingerprint density at radius 3 is 2.13 bits per heavy atom. The zero-order chi connectivity index (χ0) is 37.4. The minimum absolute atomic E-state index is 0.0448. The van der Waals surface area contributed by atoms with E-state index in [1.54, 1.807) is 48.2 Å². The minimum atomic E-state index is -3.93. The predicted molar refractivity (Wildman–Crippen MR) is 210 cm³/mol. The quantitative estimate of drug-likeness (QED) is 0.0459. The maximum atomic E-state index is 13.2. The largest absolute Gasteiger partial charge is 0.345 e. The zero-order valence-electron chi connectivity index (χ0n) is 29.5. The molecule has 0 aliphatic carbocycles. The van der Waals surface area contributed by atoms with Gasteiger partial charge in [0.1, 0.15) is 0 Å². The molecule has 276 valence electrons. The van der Waals surface area contributed by atoms with Crippen molar-refractivity contribution in [3.8, 4) is 0 Å². The first kappa shape index (κ1) is 38.9. The van der Waals surface area contributed by atoms with Crippen molar-refractivity contribution in [1.29, 1.82) is 0 Å². The molecule has 4 aromatic carbocycles. The molecule has 1 fully saturated rings. The van der Waals surface area contributed by atoms with Crippen molar-refractivity contribution in [1.82, 2.24) is 16.1 Å². The van der Waals surface area contributed by atoms with Crippen molar-refractivity contribution in [3.63, 3.8) is 0 Å². The van der Waals surface area contributed by atoms with Crippen LogP contribution >= 0.6 is 23.4 Å². The first-order chi connectivity index (χ1) is 24.7. The molecule has 1 aliphatic heterocycles. The van der Waals surface area contributed by atoms with Crippen molar-refractivity contribution < 1.29 is 22.8 Å². The highest BCUT2D eigenvalue weighted by Gasteiger charge is 2.38. The van der Waals surface area contributed by atoms with Crippen LogP contribution in [0.15, 0.2) is 108 Å². The maximum Gasteiger partial charge on any atom is 0.327 e. The van der Waals surface area contributed by atoms with Crippen LogP contribution in [0, 0.1) is 0 Å². The van der Waals surface area contributed by atoms with Gasteiger partial charge in [-0.15, -0.1) is 11.8 Å². The van der Waals surface area contributed by atoms with E-state index in [4.69, 9.17) is 16.4 Å². The second-order valence-electron chi connectivity index (χ2n) is 13.9. The molecule has 1 saturated heterocycles. The van der Waals surface area contributed by atoms with E-state index in [1.807, 2.05) is 42.5 Å². The van der Waals surface area contributed by atoms with E-state index in [0.717, 1.165) is 5.56 Å². The number of hydrogen-bond acceptors (Lipinski definition) is 9. The molecule has 52 heavy (non-hydrogen) atoms. The van der Waals surface area contributed by atoms with Crippen molar-refractivity contribution in [2.75, 3.05) is 28.0 Å². The topological polar surface area (TPSA) is 150 Å². The molecule has 4 aromatic rings. The smallest absolute Gasteiger partial charge is 0.327 e. The summed E-state index contributed by atoms with van der Waals surface area (Å²) >= 11 is 7.84. The van der Waals surface area contributed by atoms with Gasteiger partial charge < -0.3 is 10.6 Å². The summed E-state index contributed by atoms with van der Waals surface area (Å²) in [5, 5.41) is 7.16. The summed E-state index contributed by atoms with van der Waals surface area (Å²) in [7, 11) is -3.93. The van der Waals surface area contributed by atoms with Gasteiger partial charge in [0, 0.05) is 33.6 Å². The fourth-order valence-corrected chi connectivity index (χ4v) is 8.76. The van der Waals surface area contributed by atoms with Crippen LogP contribution in [0.3, 0.4) is 0 Å². The highest BCUT2D eigenvalue weighted by molar-refractivity contribution is 7.99. The summed E-state index contributed by atoms with van der Waals surface area (Å²) in [6.07, 6.45) is 1.38. The first-order valence-electron chi connectivity index (χ1n) is 16.9. The Kier molecular flexibility index (Phi) is 12.8. The van der Waals surface area contributed by atoms with E-state index >= 15 is 0 Å². The predicted octanol–water partition coefficient (Wildman–Crippen LogP) is 6.88. The Balaban J connectivity index is 1.08. The first-order valence-corrected chi connectivity index (χ1v) is 19.8. The van der Waals surface area contributed by atoms with Crippen LogP contribution in [0.2, 0.25) is 5.02 Å². The van der Waals surface area contributed by atoms with Crippen LogP contribution in [-0.4, -0.2) is 49.7 Å². The van der Waals surface area contributed by atoms with Crippen LogP contribution in [0.5, 0.6) is 0 Å². The lowest BCUT2D eigenvalue weighted by atomic mass is 9.79. The van der Waals surface area contributed by atoms with Gasteiger partial charge in [0.2, 0.25) is 0 Å². The maximum absolute atomic E-state index is 13.2. The van der Waals surface area contributed by atoms with Gasteiger partial charge >= 0.3 is 11.8 Å². The number of sulfonamides is 1. The lowest BCUT2D eigenvalue weighted by Crippen LogP contribution is -2.63. The van der Waals surface area contributed by atoms with Crippen LogP contribution in [-0.2, 0) is 24.4 Å². The number of hydrogen-bond donors (Lipinski definition) is 6. The van der Waals surface area contributed by atoms with Gasteiger partial charge in [-0.2, -0.15) is 0 Å². The van der Waals surface area contributed by atoms with E-state index in [-0.39, 0.29) is 27.3 Å². The Bertz CT molecular complexity index is 1910. The second kappa shape index (κ2) is 17.0. The third kappa shape index (κ3) is 11.4. The summed E-state index contributed by atoms with van der Waals surface area (Å²) in [5.41, 5.74) is 11.1. The number of nitrogens with one attached hydrogen (secondary N) is 6. The molecule has 0 bridgehead atoms. The van der Waals surface area contributed by atoms with E-state index in [1.165, 1.54) is 17.7 Å². The highest BCUT2D eigenvalue weighted by atomic mass is 35.5. The molecule has 0 radical (unpaired) electrons. The van der Waals surface area contributed by atoms with E-state index in [2.05, 4.69) is 71.5 Å². The molecule has 0 saturated carbocycles. The van der Waals surface area contributed by atoms with Crippen molar-refractivity contribution in [2.45, 2.75) is 67.8 Å². The lowest BCUT2D eigenvalue weighted by molar-refractivity contribution is -0.139. The van der Waals surface area contributed by atoms with Crippen molar-refractivity contribution >= 4 is 62.3 Å².